The maximum Gasteiger partial charge on any atom is 0.332 e. The van der Waals surface area contributed by atoms with E-state index in [1.54, 1.807) is 0 Å². The standard InChI is InChI=1S/C7H12O4/c8-6(7(9)10)4-5-2-1-3-11-5/h5-6,8H,1-4H2,(H,9,10). The number of aliphatic hydroxyl groups excluding tert-OH is 1. The van der Waals surface area contributed by atoms with Gasteiger partial charge in [-0.2, -0.15) is 0 Å². The van der Waals surface area contributed by atoms with Gasteiger partial charge in [0.05, 0.1) is 6.10 Å². The van der Waals surface area contributed by atoms with Gasteiger partial charge >= 0.3 is 5.97 Å². The maximum atomic E-state index is 10.2. The fourth-order valence-electron chi connectivity index (χ4n) is 1.18. The molecule has 0 aromatic carbocycles. The summed E-state index contributed by atoms with van der Waals surface area (Å²) in [6, 6.07) is 0. The lowest BCUT2D eigenvalue weighted by molar-refractivity contribution is -0.148. The molecule has 1 aliphatic rings. The number of aliphatic carboxylic acids is 1. The van der Waals surface area contributed by atoms with Crippen molar-refractivity contribution in [2.24, 2.45) is 0 Å². The minimum Gasteiger partial charge on any atom is -0.479 e. The minimum atomic E-state index is -1.27. The van der Waals surface area contributed by atoms with Crippen LogP contribution in [0.25, 0.3) is 0 Å². The molecule has 4 nitrogen and oxygen atoms in total. The molecule has 1 aliphatic heterocycles. The summed E-state index contributed by atoms with van der Waals surface area (Å²) in [5.74, 6) is -1.17. The van der Waals surface area contributed by atoms with E-state index in [0.717, 1.165) is 12.8 Å². The molecular weight excluding hydrogens is 148 g/mol. The molecular formula is C7H12O4. The maximum absolute atomic E-state index is 10.2. The van der Waals surface area contributed by atoms with Crippen LogP contribution in [0.5, 0.6) is 0 Å². The first-order valence-corrected chi connectivity index (χ1v) is 3.72. The summed E-state index contributed by atoms with van der Waals surface area (Å²) in [6.07, 6.45) is 0.732. The molecule has 0 radical (unpaired) electrons. The van der Waals surface area contributed by atoms with Gasteiger partial charge in [-0.1, -0.05) is 0 Å². The number of ether oxygens (including phenoxy) is 1. The first-order chi connectivity index (χ1) is 5.20. The summed E-state index contributed by atoms with van der Waals surface area (Å²) >= 11 is 0. The molecule has 0 aromatic heterocycles. The number of carbonyl (C=O) groups is 1. The second-order valence-corrected chi connectivity index (χ2v) is 2.72. The Bertz CT molecular complexity index is 139. The molecule has 2 atom stereocenters. The van der Waals surface area contributed by atoms with Gasteiger partial charge in [0.25, 0.3) is 0 Å². The molecule has 0 aliphatic carbocycles. The summed E-state index contributed by atoms with van der Waals surface area (Å²) in [5, 5.41) is 17.2. The largest absolute Gasteiger partial charge is 0.479 e. The molecule has 1 rings (SSSR count). The van der Waals surface area contributed by atoms with E-state index in [0.29, 0.717) is 6.61 Å². The van der Waals surface area contributed by atoms with Crippen molar-refractivity contribution < 1.29 is 19.7 Å². The summed E-state index contributed by atoms with van der Waals surface area (Å²) in [7, 11) is 0. The molecule has 64 valence electrons. The molecule has 0 amide bonds. The highest BCUT2D eigenvalue weighted by molar-refractivity contribution is 5.71. The van der Waals surface area contributed by atoms with Gasteiger partial charge in [0.15, 0.2) is 6.10 Å². The quantitative estimate of drug-likeness (QED) is 0.610. The number of hydrogen-bond donors (Lipinski definition) is 2. The van der Waals surface area contributed by atoms with Crippen LogP contribution in [0.3, 0.4) is 0 Å². The van der Waals surface area contributed by atoms with Crippen LogP contribution >= 0.6 is 0 Å². The fraction of sp³-hybridized carbons (Fsp3) is 0.857. The zero-order valence-electron chi connectivity index (χ0n) is 6.19. The Hall–Kier alpha value is -0.610. The van der Waals surface area contributed by atoms with Crippen LogP contribution in [-0.2, 0) is 9.53 Å². The second kappa shape index (κ2) is 3.69. The van der Waals surface area contributed by atoms with Crippen molar-refractivity contribution in [2.45, 2.75) is 31.5 Å². The van der Waals surface area contributed by atoms with E-state index >= 15 is 0 Å². The van der Waals surface area contributed by atoms with Crippen LogP contribution in [0.1, 0.15) is 19.3 Å². The summed E-state index contributed by atoms with van der Waals surface area (Å²) < 4.78 is 5.15. The third kappa shape index (κ3) is 2.48. The molecule has 2 unspecified atom stereocenters. The number of carboxylic acid groups (broad SMARTS) is 1. The van der Waals surface area contributed by atoms with Gasteiger partial charge in [0.2, 0.25) is 0 Å². The summed E-state index contributed by atoms with van der Waals surface area (Å²) in [6.45, 7) is 0.691. The molecule has 2 N–H and O–H groups in total. The molecule has 4 heteroatoms. The van der Waals surface area contributed by atoms with Crippen LogP contribution in [0.4, 0.5) is 0 Å². The highest BCUT2D eigenvalue weighted by Crippen LogP contribution is 2.16. The van der Waals surface area contributed by atoms with Crippen LogP contribution in [0.15, 0.2) is 0 Å². The molecule has 0 bridgehead atoms. The Labute approximate surface area is 64.8 Å². The Morgan fingerprint density at radius 3 is 2.91 bits per heavy atom. The van der Waals surface area contributed by atoms with Crippen LogP contribution in [0, 0.1) is 0 Å². The molecule has 1 saturated heterocycles. The normalized spacial score (nSPS) is 26.8. The molecule has 1 heterocycles. The van der Waals surface area contributed by atoms with E-state index < -0.39 is 12.1 Å². The van der Waals surface area contributed by atoms with Crippen molar-refractivity contribution >= 4 is 5.97 Å². The number of hydrogen-bond acceptors (Lipinski definition) is 3. The van der Waals surface area contributed by atoms with Crippen LogP contribution in [0.2, 0.25) is 0 Å². The monoisotopic (exact) mass is 160 g/mol. The third-order valence-corrected chi connectivity index (χ3v) is 1.80. The van der Waals surface area contributed by atoms with E-state index in [4.69, 9.17) is 14.9 Å². The van der Waals surface area contributed by atoms with Crippen molar-refractivity contribution in [3.63, 3.8) is 0 Å². The first kappa shape index (κ1) is 8.49. The van der Waals surface area contributed by atoms with E-state index in [2.05, 4.69) is 0 Å². The minimum absolute atomic E-state index is 0.0545. The van der Waals surface area contributed by atoms with E-state index in [-0.39, 0.29) is 12.5 Å². The summed E-state index contributed by atoms with van der Waals surface area (Å²) in [4.78, 5) is 10.2. The van der Waals surface area contributed by atoms with Gasteiger partial charge < -0.3 is 14.9 Å². The lowest BCUT2D eigenvalue weighted by atomic mass is 10.1. The average molecular weight is 160 g/mol. The Morgan fingerprint density at radius 2 is 2.45 bits per heavy atom. The third-order valence-electron chi connectivity index (χ3n) is 1.80. The highest BCUT2D eigenvalue weighted by Gasteiger charge is 2.23. The van der Waals surface area contributed by atoms with Gasteiger partial charge in [-0.05, 0) is 12.8 Å². The van der Waals surface area contributed by atoms with Gasteiger partial charge in [0.1, 0.15) is 0 Å². The predicted molar refractivity (Wildman–Crippen MR) is 37.2 cm³/mol. The van der Waals surface area contributed by atoms with Crippen molar-refractivity contribution in [1.29, 1.82) is 0 Å². The number of aliphatic hydroxyl groups is 1. The molecule has 0 aromatic rings. The van der Waals surface area contributed by atoms with Crippen molar-refractivity contribution in [2.75, 3.05) is 6.61 Å². The summed E-state index contributed by atoms with van der Waals surface area (Å²) in [5.41, 5.74) is 0. The number of carboxylic acids is 1. The van der Waals surface area contributed by atoms with Crippen molar-refractivity contribution in [3.05, 3.63) is 0 Å². The first-order valence-electron chi connectivity index (χ1n) is 3.72. The van der Waals surface area contributed by atoms with Crippen LogP contribution < -0.4 is 0 Å². The Balaban J connectivity index is 2.23. The van der Waals surface area contributed by atoms with Gasteiger partial charge in [0, 0.05) is 13.0 Å². The number of rotatable bonds is 3. The molecule has 0 spiro atoms. The lowest BCUT2D eigenvalue weighted by Gasteiger charge is -2.10. The molecule has 11 heavy (non-hydrogen) atoms. The molecule has 0 saturated carbocycles. The second-order valence-electron chi connectivity index (χ2n) is 2.72. The average Bonchev–Trinajstić information content (AvgIpc) is 2.39. The van der Waals surface area contributed by atoms with Crippen LogP contribution in [-0.4, -0.2) is 35.0 Å². The van der Waals surface area contributed by atoms with Crippen molar-refractivity contribution in [1.82, 2.24) is 0 Å². The Kier molecular flexibility index (Phi) is 2.84. The van der Waals surface area contributed by atoms with Gasteiger partial charge in [-0.15, -0.1) is 0 Å². The zero-order valence-corrected chi connectivity index (χ0v) is 6.19. The highest BCUT2D eigenvalue weighted by atomic mass is 16.5. The smallest absolute Gasteiger partial charge is 0.332 e. The predicted octanol–water partition coefficient (Wildman–Crippen LogP) is 0.00100. The van der Waals surface area contributed by atoms with E-state index in [9.17, 15) is 4.79 Å². The lowest BCUT2D eigenvalue weighted by Crippen LogP contribution is -2.25. The van der Waals surface area contributed by atoms with E-state index in [1.165, 1.54) is 0 Å². The van der Waals surface area contributed by atoms with Gasteiger partial charge in [-0.25, -0.2) is 4.79 Å². The Morgan fingerprint density at radius 1 is 1.73 bits per heavy atom. The topological polar surface area (TPSA) is 66.8 Å². The SMILES string of the molecule is O=C(O)C(O)CC1CCCO1. The zero-order chi connectivity index (χ0) is 8.27. The van der Waals surface area contributed by atoms with Gasteiger partial charge in [-0.3, -0.25) is 0 Å². The van der Waals surface area contributed by atoms with E-state index in [1.807, 2.05) is 0 Å². The van der Waals surface area contributed by atoms with Crippen molar-refractivity contribution in [3.8, 4) is 0 Å². The molecule has 1 fully saturated rings. The fourth-order valence-corrected chi connectivity index (χ4v) is 1.18.